The number of methoxy groups -OCH3 is 1. The van der Waals surface area contributed by atoms with Crippen molar-refractivity contribution in [1.82, 2.24) is 14.6 Å². The van der Waals surface area contributed by atoms with Gasteiger partial charge in [-0.15, -0.1) is 0 Å². The molecule has 1 aliphatic carbocycles. The van der Waals surface area contributed by atoms with E-state index in [0.29, 0.717) is 25.1 Å². The molecule has 1 fully saturated rings. The highest BCUT2D eigenvalue weighted by Crippen LogP contribution is 2.27. The Morgan fingerprint density at radius 1 is 1.42 bits per heavy atom. The van der Waals surface area contributed by atoms with Crippen molar-refractivity contribution in [2.24, 2.45) is 0 Å². The number of carbonyl (C=O) groups is 2. The molecule has 1 aliphatic rings. The zero-order valence-corrected chi connectivity index (χ0v) is 15.7. The van der Waals surface area contributed by atoms with Crippen molar-refractivity contribution < 1.29 is 27.9 Å². The van der Waals surface area contributed by atoms with Gasteiger partial charge in [0, 0.05) is 18.3 Å². The van der Waals surface area contributed by atoms with Gasteiger partial charge < -0.3 is 9.84 Å². The lowest BCUT2D eigenvalue weighted by atomic mass is 9.86. The number of nitrogens with one attached hydrogen (secondary N) is 1. The van der Waals surface area contributed by atoms with E-state index in [4.69, 9.17) is 5.11 Å². The molecule has 144 valence electrons. The second-order valence-electron chi connectivity index (χ2n) is 6.20. The monoisotopic (exact) mass is 385 g/mol. The second-order valence-corrected chi connectivity index (χ2v) is 7.91. The van der Waals surface area contributed by atoms with E-state index in [0.717, 1.165) is 0 Å². The van der Waals surface area contributed by atoms with E-state index in [2.05, 4.69) is 14.4 Å². The first-order valence-electron chi connectivity index (χ1n) is 8.21. The molecule has 0 aromatic carbocycles. The number of esters is 1. The number of likely N-dealkylation sites (N-methyl/N-ethyl adjacent to an activating group) is 1. The molecular formula is C16H23N3O6S. The van der Waals surface area contributed by atoms with Gasteiger partial charge >= 0.3 is 11.9 Å². The molecule has 0 aliphatic heterocycles. The Balaban J connectivity index is 2.05. The predicted octanol–water partition coefficient (Wildman–Crippen LogP) is 0.392. The topological polar surface area (TPSA) is 126 Å². The fourth-order valence-corrected chi connectivity index (χ4v) is 4.15. The lowest BCUT2D eigenvalue weighted by Crippen LogP contribution is -2.54. The Hall–Kier alpha value is -2.04. The number of aromatic nitrogens is 1. The van der Waals surface area contributed by atoms with Crippen molar-refractivity contribution in [3.63, 3.8) is 0 Å². The molecular weight excluding hydrogens is 362 g/mol. The Bertz CT molecular complexity index is 789. The minimum atomic E-state index is -3.84. The van der Waals surface area contributed by atoms with E-state index in [1.807, 2.05) is 6.92 Å². The summed E-state index contributed by atoms with van der Waals surface area (Å²) >= 11 is 0. The van der Waals surface area contributed by atoms with Crippen LogP contribution in [0.25, 0.3) is 0 Å². The lowest BCUT2D eigenvalue weighted by Gasteiger charge is -2.42. The molecule has 2 rings (SSSR count). The van der Waals surface area contributed by atoms with Crippen LogP contribution in [0.2, 0.25) is 0 Å². The number of aliphatic carboxylic acids is 1. The van der Waals surface area contributed by atoms with Crippen LogP contribution in [0.3, 0.4) is 0 Å². The van der Waals surface area contributed by atoms with Crippen LogP contribution in [-0.4, -0.2) is 67.6 Å². The smallest absolute Gasteiger partial charge is 0.339 e. The fraction of sp³-hybridized carbons (Fsp3) is 0.562. The van der Waals surface area contributed by atoms with Gasteiger partial charge in [0.05, 0.1) is 24.9 Å². The first-order valence-corrected chi connectivity index (χ1v) is 9.69. The van der Waals surface area contributed by atoms with Crippen LogP contribution >= 0.6 is 0 Å². The van der Waals surface area contributed by atoms with Gasteiger partial charge in [0.15, 0.2) is 0 Å². The Morgan fingerprint density at radius 3 is 2.62 bits per heavy atom. The van der Waals surface area contributed by atoms with Gasteiger partial charge in [0.2, 0.25) is 10.0 Å². The number of carboxylic acids is 1. The number of aryl methyl sites for hydroxylation is 1. The SMILES string of the molecule is CCN(CC(=O)O)C1CC(NS(=O)(=O)c2cnc(C)c(C(=O)OC)c2)C1. The highest BCUT2D eigenvalue weighted by molar-refractivity contribution is 7.89. The summed E-state index contributed by atoms with van der Waals surface area (Å²) in [5.74, 6) is -1.56. The molecule has 26 heavy (non-hydrogen) atoms. The number of ether oxygens (including phenoxy) is 1. The standard InChI is InChI=1S/C16H23N3O6S/c1-4-19(9-15(20)21)12-5-11(6-12)18-26(23,24)13-7-14(16(22)25-3)10(2)17-8-13/h7-8,11-12,18H,4-6,9H2,1-3H3,(H,20,21). The summed E-state index contributed by atoms with van der Waals surface area (Å²) in [6.07, 6.45) is 2.26. The maximum Gasteiger partial charge on any atom is 0.339 e. The molecule has 0 unspecified atom stereocenters. The molecule has 1 saturated carbocycles. The van der Waals surface area contributed by atoms with E-state index in [1.54, 1.807) is 11.8 Å². The second kappa shape index (κ2) is 8.11. The van der Waals surface area contributed by atoms with Crippen LogP contribution in [-0.2, 0) is 19.6 Å². The summed E-state index contributed by atoms with van der Waals surface area (Å²) in [5, 5.41) is 8.90. The van der Waals surface area contributed by atoms with Gasteiger partial charge in [-0.1, -0.05) is 6.92 Å². The molecule has 0 radical (unpaired) electrons. The molecule has 0 amide bonds. The van der Waals surface area contributed by atoms with Gasteiger partial charge in [0.25, 0.3) is 0 Å². The zero-order chi connectivity index (χ0) is 19.5. The third kappa shape index (κ3) is 4.57. The number of carboxylic acid groups (broad SMARTS) is 1. The minimum Gasteiger partial charge on any atom is -0.480 e. The molecule has 1 aromatic rings. The molecule has 10 heteroatoms. The average molecular weight is 385 g/mol. The third-order valence-electron chi connectivity index (χ3n) is 4.47. The van der Waals surface area contributed by atoms with Gasteiger partial charge in [-0.2, -0.15) is 0 Å². The van der Waals surface area contributed by atoms with E-state index in [9.17, 15) is 18.0 Å². The molecule has 9 nitrogen and oxygen atoms in total. The predicted molar refractivity (Wildman–Crippen MR) is 92.3 cm³/mol. The molecule has 0 bridgehead atoms. The van der Waals surface area contributed by atoms with Gasteiger partial charge in [-0.05, 0) is 32.4 Å². The summed E-state index contributed by atoms with van der Waals surface area (Å²) in [4.78, 5) is 28.2. The van der Waals surface area contributed by atoms with Crippen LogP contribution in [0.1, 0.15) is 35.8 Å². The Morgan fingerprint density at radius 2 is 2.08 bits per heavy atom. The van der Waals surface area contributed by atoms with Crippen LogP contribution in [0.4, 0.5) is 0 Å². The van der Waals surface area contributed by atoms with Crippen LogP contribution < -0.4 is 4.72 Å². The quantitative estimate of drug-likeness (QED) is 0.616. The fourth-order valence-electron chi connectivity index (χ4n) is 2.92. The van der Waals surface area contributed by atoms with Crippen molar-refractivity contribution in [2.45, 2.75) is 43.7 Å². The molecule has 0 saturated heterocycles. The van der Waals surface area contributed by atoms with E-state index < -0.39 is 22.0 Å². The van der Waals surface area contributed by atoms with Gasteiger partial charge in [-0.3, -0.25) is 14.7 Å². The molecule has 1 heterocycles. The van der Waals surface area contributed by atoms with Crippen LogP contribution in [0, 0.1) is 6.92 Å². The first kappa shape index (κ1) is 20.3. The number of nitrogens with zero attached hydrogens (tertiary/aromatic N) is 2. The summed E-state index contributed by atoms with van der Waals surface area (Å²) in [7, 11) is -2.62. The number of rotatable bonds is 8. The van der Waals surface area contributed by atoms with E-state index in [1.165, 1.54) is 19.4 Å². The molecule has 0 atom stereocenters. The van der Waals surface area contributed by atoms with Crippen LogP contribution in [0.15, 0.2) is 17.2 Å². The Kier molecular flexibility index (Phi) is 6.32. The molecule has 1 aromatic heterocycles. The number of sulfonamides is 1. The van der Waals surface area contributed by atoms with Crippen molar-refractivity contribution in [2.75, 3.05) is 20.2 Å². The van der Waals surface area contributed by atoms with Crippen molar-refractivity contribution in [1.29, 1.82) is 0 Å². The number of hydrogen-bond donors (Lipinski definition) is 2. The Labute approximate surface area is 152 Å². The number of carbonyl (C=O) groups excluding carboxylic acids is 1. The van der Waals surface area contributed by atoms with E-state index in [-0.39, 0.29) is 29.1 Å². The third-order valence-corrected chi connectivity index (χ3v) is 5.96. The number of hydrogen-bond acceptors (Lipinski definition) is 7. The highest BCUT2D eigenvalue weighted by atomic mass is 32.2. The normalized spacial score (nSPS) is 19.8. The largest absolute Gasteiger partial charge is 0.480 e. The minimum absolute atomic E-state index is 0.0329. The lowest BCUT2D eigenvalue weighted by molar-refractivity contribution is -0.139. The average Bonchev–Trinajstić information content (AvgIpc) is 2.55. The first-order chi connectivity index (χ1) is 12.2. The van der Waals surface area contributed by atoms with Crippen LogP contribution in [0.5, 0.6) is 0 Å². The van der Waals surface area contributed by atoms with Gasteiger partial charge in [-0.25, -0.2) is 17.9 Å². The summed E-state index contributed by atoms with van der Waals surface area (Å²) in [6.45, 7) is 3.98. The molecule has 2 N–H and O–H groups in total. The number of pyridine rings is 1. The van der Waals surface area contributed by atoms with Crippen molar-refractivity contribution in [3.8, 4) is 0 Å². The van der Waals surface area contributed by atoms with Crippen molar-refractivity contribution in [3.05, 3.63) is 23.5 Å². The maximum absolute atomic E-state index is 12.5. The highest BCUT2D eigenvalue weighted by Gasteiger charge is 2.36. The van der Waals surface area contributed by atoms with E-state index >= 15 is 0 Å². The zero-order valence-electron chi connectivity index (χ0n) is 14.9. The summed E-state index contributed by atoms with van der Waals surface area (Å²) < 4.78 is 32.3. The summed E-state index contributed by atoms with van der Waals surface area (Å²) in [5.41, 5.74) is 0.479. The van der Waals surface area contributed by atoms with Crippen molar-refractivity contribution >= 4 is 22.0 Å². The summed E-state index contributed by atoms with van der Waals surface area (Å²) in [6, 6.07) is 0.997. The molecule has 0 spiro atoms. The maximum atomic E-state index is 12.5. The van der Waals surface area contributed by atoms with Gasteiger partial charge in [0.1, 0.15) is 4.90 Å².